The molecule has 0 bridgehead atoms. The van der Waals surface area contributed by atoms with Crippen LogP contribution >= 0.6 is 0 Å². The van der Waals surface area contributed by atoms with Crippen LogP contribution in [0.5, 0.6) is 0 Å². The molecule has 0 spiro atoms. The number of sulfone groups is 1. The number of rotatable bonds is 5. The summed E-state index contributed by atoms with van der Waals surface area (Å²) in [5.41, 5.74) is 4.68. The number of halogens is 1. The van der Waals surface area contributed by atoms with Gasteiger partial charge in [-0.1, -0.05) is 29.8 Å². The van der Waals surface area contributed by atoms with Gasteiger partial charge in [0.15, 0.2) is 15.5 Å². The number of fused-ring (bicyclic) bond motifs is 1. The summed E-state index contributed by atoms with van der Waals surface area (Å²) >= 11 is 0. The number of hydrogen-bond donors (Lipinski definition) is 1. The number of aryl methyl sites for hydroxylation is 2. The van der Waals surface area contributed by atoms with E-state index in [4.69, 9.17) is 4.98 Å². The highest BCUT2D eigenvalue weighted by molar-refractivity contribution is 7.91. The maximum absolute atomic E-state index is 13.5. The van der Waals surface area contributed by atoms with Gasteiger partial charge in [0, 0.05) is 12.1 Å². The Morgan fingerprint density at radius 1 is 1.11 bits per heavy atom. The van der Waals surface area contributed by atoms with Crippen molar-refractivity contribution in [2.24, 2.45) is 0 Å². The molecule has 3 heterocycles. The van der Waals surface area contributed by atoms with E-state index in [1.807, 2.05) is 31.2 Å². The van der Waals surface area contributed by atoms with Crippen molar-refractivity contribution in [1.82, 2.24) is 20.1 Å². The summed E-state index contributed by atoms with van der Waals surface area (Å²) in [5, 5.41) is 8.17. The van der Waals surface area contributed by atoms with E-state index in [0.29, 0.717) is 46.5 Å². The molecule has 0 saturated carbocycles. The number of hydrogen-bond acceptors (Lipinski definition) is 5. The molecule has 4 aromatic rings. The van der Waals surface area contributed by atoms with Crippen LogP contribution in [0.25, 0.3) is 22.3 Å². The third kappa shape index (κ3) is 4.68. The van der Waals surface area contributed by atoms with E-state index in [0.717, 1.165) is 11.1 Å². The average Bonchev–Trinajstić information content (AvgIpc) is 3.37. The predicted octanol–water partition coefficient (Wildman–Crippen LogP) is 4.14. The Balaban J connectivity index is 1.60. The van der Waals surface area contributed by atoms with E-state index in [1.54, 1.807) is 29.8 Å². The monoisotopic (exact) mass is 492 g/mol. The summed E-state index contributed by atoms with van der Waals surface area (Å²) in [6.45, 7) is 4.14. The summed E-state index contributed by atoms with van der Waals surface area (Å²) in [7, 11) is -3.15. The highest BCUT2D eigenvalue weighted by atomic mass is 32.2. The molecule has 35 heavy (non-hydrogen) atoms. The minimum Gasteiger partial charge on any atom is -0.348 e. The van der Waals surface area contributed by atoms with Crippen molar-refractivity contribution in [2.75, 3.05) is 11.5 Å². The Labute approximate surface area is 202 Å². The molecule has 2 aromatic carbocycles. The molecule has 1 aliphatic heterocycles. The first-order valence-corrected chi connectivity index (χ1v) is 13.2. The second-order valence-electron chi connectivity index (χ2n) is 9.02. The maximum Gasteiger partial charge on any atom is 0.252 e. The first-order chi connectivity index (χ1) is 16.7. The first kappa shape index (κ1) is 23.2. The largest absolute Gasteiger partial charge is 0.348 e. The molecular weight excluding hydrogens is 467 g/mol. The average molecular weight is 493 g/mol. The molecule has 0 radical (unpaired) electrons. The summed E-state index contributed by atoms with van der Waals surface area (Å²) in [6, 6.07) is 15.1. The Hall–Kier alpha value is -3.59. The highest BCUT2D eigenvalue weighted by Gasteiger charge is 2.32. The molecule has 1 atom stereocenters. The number of nitrogens with one attached hydrogen (secondary N) is 1. The summed E-state index contributed by atoms with van der Waals surface area (Å²) in [4.78, 5) is 18.2. The minimum atomic E-state index is -3.15. The van der Waals surface area contributed by atoms with Crippen molar-refractivity contribution >= 4 is 26.8 Å². The van der Waals surface area contributed by atoms with Crippen molar-refractivity contribution in [3.05, 3.63) is 82.8 Å². The lowest BCUT2D eigenvalue weighted by molar-refractivity contribution is 0.0952. The maximum atomic E-state index is 13.5. The molecule has 1 amide bonds. The van der Waals surface area contributed by atoms with Crippen molar-refractivity contribution in [3.63, 3.8) is 0 Å². The Bertz CT molecular complexity index is 1530. The molecule has 2 aromatic heterocycles. The summed E-state index contributed by atoms with van der Waals surface area (Å²) < 4.78 is 39.4. The molecule has 1 saturated heterocycles. The SMILES string of the molecule is Cc1ccc(CNC(=O)c2cc(-c3ccc(F)cc3)nc3c2c(C)nn3C2CCS(=O)(=O)C2)cc1. The van der Waals surface area contributed by atoms with Gasteiger partial charge in [-0.2, -0.15) is 5.10 Å². The van der Waals surface area contributed by atoms with Crippen molar-refractivity contribution in [1.29, 1.82) is 0 Å². The Kier molecular flexibility index (Phi) is 5.88. The van der Waals surface area contributed by atoms with Crippen LogP contribution in [0, 0.1) is 19.7 Å². The van der Waals surface area contributed by atoms with Gasteiger partial charge in [0.1, 0.15) is 5.82 Å². The predicted molar refractivity (Wildman–Crippen MR) is 132 cm³/mol. The number of benzene rings is 2. The molecule has 0 aliphatic carbocycles. The van der Waals surface area contributed by atoms with Gasteiger partial charge in [0.25, 0.3) is 5.91 Å². The van der Waals surface area contributed by atoms with Gasteiger partial charge in [-0.25, -0.2) is 22.5 Å². The van der Waals surface area contributed by atoms with E-state index >= 15 is 0 Å². The Morgan fingerprint density at radius 2 is 1.83 bits per heavy atom. The van der Waals surface area contributed by atoms with Crippen molar-refractivity contribution in [3.8, 4) is 11.3 Å². The number of amides is 1. The fourth-order valence-corrected chi connectivity index (χ4v) is 6.16. The topological polar surface area (TPSA) is 93.9 Å². The minimum absolute atomic E-state index is 0.0133. The zero-order chi connectivity index (χ0) is 24.7. The van der Waals surface area contributed by atoms with Gasteiger partial charge < -0.3 is 5.32 Å². The van der Waals surface area contributed by atoms with E-state index in [-0.39, 0.29) is 29.3 Å². The van der Waals surface area contributed by atoms with Gasteiger partial charge in [-0.15, -0.1) is 0 Å². The summed E-state index contributed by atoms with van der Waals surface area (Å²) in [6.07, 6.45) is 0.440. The third-order valence-corrected chi connectivity index (χ3v) is 8.10. The Morgan fingerprint density at radius 3 is 2.49 bits per heavy atom. The van der Waals surface area contributed by atoms with Crippen LogP contribution in [0.2, 0.25) is 0 Å². The second kappa shape index (κ2) is 8.88. The molecule has 180 valence electrons. The number of carbonyl (C=O) groups is 1. The molecular formula is C26H25FN4O3S. The van der Waals surface area contributed by atoms with Crippen LogP contribution in [0.3, 0.4) is 0 Å². The molecule has 1 aliphatic rings. The quantitative estimate of drug-likeness (QED) is 0.452. The normalized spacial score (nSPS) is 17.1. The molecule has 7 nitrogen and oxygen atoms in total. The summed E-state index contributed by atoms with van der Waals surface area (Å²) in [5.74, 6) is -0.578. The zero-order valence-electron chi connectivity index (χ0n) is 19.5. The first-order valence-electron chi connectivity index (χ1n) is 11.4. The van der Waals surface area contributed by atoms with E-state index in [9.17, 15) is 17.6 Å². The lowest BCUT2D eigenvalue weighted by Crippen LogP contribution is -2.23. The molecule has 5 rings (SSSR count). The van der Waals surface area contributed by atoms with Gasteiger partial charge in [-0.05, 0) is 56.2 Å². The van der Waals surface area contributed by atoms with E-state index in [1.165, 1.54) is 12.1 Å². The van der Waals surface area contributed by atoms with Gasteiger partial charge in [-0.3, -0.25) is 4.79 Å². The lowest BCUT2D eigenvalue weighted by atomic mass is 10.0. The number of pyridine rings is 1. The van der Waals surface area contributed by atoms with Crippen LogP contribution in [-0.4, -0.2) is 40.6 Å². The van der Waals surface area contributed by atoms with Gasteiger partial charge in [0.05, 0.1) is 39.9 Å². The molecule has 9 heteroatoms. The number of carbonyl (C=O) groups excluding carboxylic acids is 1. The van der Waals surface area contributed by atoms with Gasteiger partial charge >= 0.3 is 0 Å². The molecule has 1 N–H and O–H groups in total. The fraction of sp³-hybridized carbons (Fsp3) is 0.269. The van der Waals surface area contributed by atoms with Crippen LogP contribution in [0.1, 0.15) is 39.6 Å². The van der Waals surface area contributed by atoms with Gasteiger partial charge in [0.2, 0.25) is 0 Å². The standard InChI is InChI=1S/C26H25FN4O3S/c1-16-3-5-18(6-4-16)14-28-26(32)22-13-23(19-7-9-20(27)10-8-19)29-25-24(22)17(2)30-31(25)21-11-12-35(33,34)15-21/h3-10,13,21H,11-12,14-15H2,1-2H3,(H,28,32). The van der Waals surface area contributed by atoms with Crippen molar-refractivity contribution in [2.45, 2.75) is 32.9 Å². The molecule has 1 fully saturated rings. The number of nitrogens with zero attached hydrogens (tertiary/aromatic N) is 3. The van der Waals surface area contributed by atoms with Crippen LogP contribution in [-0.2, 0) is 16.4 Å². The lowest BCUT2D eigenvalue weighted by Gasteiger charge is -2.12. The third-order valence-electron chi connectivity index (χ3n) is 6.35. The second-order valence-corrected chi connectivity index (χ2v) is 11.2. The fourth-order valence-electron chi connectivity index (χ4n) is 4.47. The smallest absolute Gasteiger partial charge is 0.252 e. The van der Waals surface area contributed by atoms with Crippen LogP contribution < -0.4 is 5.32 Å². The number of aromatic nitrogens is 3. The zero-order valence-corrected chi connectivity index (χ0v) is 20.3. The molecule has 1 unspecified atom stereocenters. The highest BCUT2D eigenvalue weighted by Crippen LogP contribution is 2.32. The van der Waals surface area contributed by atoms with E-state index in [2.05, 4.69) is 10.4 Å². The van der Waals surface area contributed by atoms with Crippen molar-refractivity contribution < 1.29 is 17.6 Å². The van der Waals surface area contributed by atoms with E-state index < -0.39 is 9.84 Å². The van der Waals surface area contributed by atoms with Crippen LogP contribution in [0.4, 0.5) is 4.39 Å². The van der Waals surface area contributed by atoms with Crippen LogP contribution in [0.15, 0.2) is 54.6 Å².